The van der Waals surface area contributed by atoms with E-state index in [4.69, 9.17) is 24.1 Å². The Hall–Kier alpha value is 0.713. The summed E-state index contributed by atoms with van der Waals surface area (Å²) in [5, 5.41) is 0. The van der Waals surface area contributed by atoms with E-state index < -0.39 is 13.0 Å². The molecule has 6 N–H and O–H groups in total. The van der Waals surface area contributed by atoms with Crippen LogP contribution in [0.1, 0.15) is 0 Å². The van der Waals surface area contributed by atoms with Crippen LogP contribution in [-0.4, -0.2) is 13.0 Å². The van der Waals surface area contributed by atoms with Crippen molar-refractivity contribution in [2.45, 2.75) is 0 Å². The Kier molecular flexibility index (Phi) is 1.65. The second-order valence-electron chi connectivity index (χ2n) is 0.827. The van der Waals surface area contributed by atoms with Crippen molar-refractivity contribution in [3.63, 3.8) is 0 Å². The molecule has 0 aliphatic heterocycles. The molecule has 5 heavy (non-hydrogen) atoms. The van der Waals surface area contributed by atoms with E-state index in [1.807, 2.05) is 0 Å². The zero-order chi connectivity index (χ0) is 4.50. The Labute approximate surface area is 37.7 Å². The van der Waals surface area contributed by atoms with Crippen molar-refractivity contribution in [2.24, 2.45) is 14.1 Å². The molecule has 0 saturated heterocycles. The van der Waals surface area contributed by atoms with E-state index in [1.54, 1.807) is 0 Å². The molecule has 3 nitrogen and oxygen atoms in total. The summed E-state index contributed by atoms with van der Waals surface area (Å²) in [6.45, 7) is 0. The molecule has 0 bridgehead atoms. The molecule has 32 valence electrons. The molecule has 0 fully saturated rings. The number of rotatable bonds is 0. The fourth-order valence-corrected chi connectivity index (χ4v) is 0. The Morgan fingerprint density at radius 2 is 1.20 bits per heavy atom. The zero-order valence-corrected chi connectivity index (χ0v) is 5.46. The molecular formula is H6ClGeN3. The van der Waals surface area contributed by atoms with E-state index >= 15 is 0 Å². The fraction of sp³-hybridized carbons (Fsp3) is 0. The fourth-order valence-electron chi connectivity index (χ4n) is 0. The van der Waals surface area contributed by atoms with Gasteiger partial charge in [0.05, 0.1) is 0 Å². The first-order valence-corrected chi connectivity index (χ1v) is 7.45. The van der Waals surface area contributed by atoms with Crippen LogP contribution in [0.5, 0.6) is 0 Å². The molecule has 0 heterocycles. The summed E-state index contributed by atoms with van der Waals surface area (Å²) in [5.74, 6) is 0. The summed E-state index contributed by atoms with van der Waals surface area (Å²) in [5.41, 5.74) is 0. The molecule has 0 rings (SSSR count). The van der Waals surface area contributed by atoms with Crippen molar-refractivity contribution in [1.29, 1.82) is 0 Å². The predicted molar refractivity (Wildman–Crippen MR) is 24.2 cm³/mol. The van der Waals surface area contributed by atoms with Gasteiger partial charge >= 0.3 is 37.1 Å². The molecule has 0 aromatic rings. The molecule has 5 heteroatoms. The maximum absolute atomic E-state index is 5.05. The van der Waals surface area contributed by atoms with Crippen molar-refractivity contribution < 1.29 is 0 Å². The second-order valence-corrected chi connectivity index (χ2v) is 7.70. The molecule has 0 amide bonds. The van der Waals surface area contributed by atoms with Gasteiger partial charge < -0.3 is 0 Å². The van der Waals surface area contributed by atoms with Gasteiger partial charge in [0, 0.05) is 0 Å². The van der Waals surface area contributed by atoms with E-state index in [9.17, 15) is 0 Å². The molecule has 0 spiro atoms. The Morgan fingerprint density at radius 1 is 1.20 bits per heavy atom. The van der Waals surface area contributed by atoms with Crippen LogP contribution in [0.4, 0.5) is 0 Å². The van der Waals surface area contributed by atoms with Gasteiger partial charge in [0.15, 0.2) is 0 Å². The standard InChI is InChI=1S/ClGeH6N3/c1-2(3,4)5/h3-5H2. The molecular weight excluding hydrogens is 150 g/mol. The van der Waals surface area contributed by atoms with Crippen LogP contribution in [0.15, 0.2) is 0 Å². The Morgan fingerprint density at radius 3 is 1.20 bits per heavy atom. The van der Waals surface area contributed by atoms with E-state index in [0.717, 1.165) is 0 Å². The van der Waals surface area contributed by atoms with Gasteiger partial charge in [0.1, 0.15) is 0 Å². The first kappa shape index (κ1) is 5.71. The van der Waals surface area contributed by atoms with Gasteiger partial charge in [-0.2, -0.15) is 0 Å². The third-order valence-electron chi connectivity index (χ3n) is 0. The van der Waals surface area contributed by atoms with Gasteiger partial charge in [-0.15, -0.1) is 0 Å². The van der Waals surface area contributed by atoms with Crippen LogP contribution in [0, 0.1) is 0 Å². The summed E-state index contributed by atoms with van der Waals surface area (Å²) >= 11 is -3.03. The first-order valence-electron chi connectivity index (χ1n) is 1.06. The van der Waals surface area contributed by atoms with Crippen LogP contribution >= 0.6 is 10.0 Å². The van der Waals surface area contributed by atoms with Crippen molar-refractivity contribution in [3.8, 4) is 0 Å². The van der Waals surface area contributed by atoms with Crippen LogP contribution in [0.2, 0.25) is 0 Å². The Bertz CT molecular complexity index is 22.4. The van der Waals surface area contributed by atoms with Crippen molar-refractivity contribution in [3.05, 3.63) is 0 Å². The Balaban J connectivity index is 3.02. The molecule has 0 saturated carbocycles. The van der Waals surface area contributed by atoms with E-state index in [-0.39, 0.29) is 0 Å². The normalized spacial score (nSPS) is 12.0. The summed E-state index contributed by atoms with van der Waals surface area (Å²) in [4.78, 5) is 0. The molecule has 0 atom stereocenters. The van der Waals surface area contributed by atoms with Gasteiger partial charge in [-0.3, -0.25) is 0 Å². The average molecular weight is 156 g/mol. The molecule has 0 aromatic carbocycles. The average Bonchev–Trinajstić information content (AvgIpc) is 0.722. The van der Waals surface area contributed by atoms with Gasteiger partial charge in [-0.05, 0) is 0 Å². The maximum atomic E-state index is 5.05. The van der Waals surface area contributed by atoms with Crippen molar-refractivity contribution in [2.75, 3.05) is 0 Å². The van der Waals surface area contributed by atoms with Gasteiger partial charge in [-0.25, -0.2) is 0 Å². The third kappa shape index (κ3) is 68.3. The van der Waals surface area contributed by atoms with E-state index in [1.165, 1.54) is 0 Å². The van der Waals surface area contributed by atoms with Crippen LogP contribution in [-0.2, 0) is 0 Å². The second kappa shape index (κ2) is 1.44. The van der Waals surface area contributed by atoms with Crippen LogP contribution < -0.4 is 14.1 Å². The number of hydrogen-bond donors (Lipinski definition) is 3. The van der Waals surface area contributed by atoms with Crippen LogP contribution in [0.25, 0.3) is 0 Å². The molecule has 0 aliphatic rings. The number of nitrogens with two attached hydrogens (primary N) is 3. The summed E-state index contributed by atoms with van der Waals surface area (Å²) in [7, 11) is 5.05. The first-order chi connectivity index (χ1) is 2.00. The van der Waals surface area contributed by atoms with Gasteiger partial charge in [-0.1, -0.05) is 0 Å². The van der Waals surface area contributed by atoms with Crippen molar-refractivity contribution in [1.82, 2.24) is 0 Å². The van der Waals surface area contributed by atoms with Crippen molar-refractivity contribution >= 4 is 23.0 Å². The topological polar surface area (TPSA) is 78.1 Å². The SMILES string of the molecule is [NH2][Ge]([NH2])([NH2])[Cl]. The quantitative estimate of drug-likeness (QED) is 0.375. The predicted octanol–water partition coefficient (Wildman–Crippen LogP) is -1.46. The number of halogens is 1. The van der Waals surface area contributed by atoms with E-state index in [0.29, 0.717) is 0 Å². The summed E-state index contributed by atoms with van der Waals surface area (Å²) in [6.07, 6.45) is 0. The minimum absolute atomic E-state index is 3.03. The van der Waals surface area contributed by atoms with Crippen LogP contribution in [0.3, 0.4) is 0 Å². The zero-order valence-electron chi connectivity index (χ0n) is 2.61. The third-order valence-corrected chi connectivity index (χ3v) is 0. The summed E-state index contributed by atoms with van der Waals surface area (Å²) in [6, 6.07) is 0. The summed E-state index contributed by atoms with van der Waals surface area (Å²) < 4.78 is 14.6. The molecule has 0 aliphatic carbocycles. The molecule has 0 radical (unpaired) electrons. The monoisotopic (exact) mass is 157 g/mol. The number of hydrogen-bond acceptors (Lipinski definition) is 3. The van der Waals surface area contributed by atoms with E-state index in [2.05, 4.69) is 0 Å². The minimum atomic E-state index is -3.03. The van der Waals surface area contributed by atoms with Gasteiger partial charge in [0.2, 0.25) is 0 Å². The molecule has 0 aromatic heterocycles. The molecule has 0 unspecified atom stereocenters. The van der Waals surface area contributed by atoms with Gasteiger partial charge in [0.25, 0.3) is 0 Å².